The third-order valence-corrected chi connectivity index (χ3v) is 6.06. The van der Waals surface area contributed by atoms with Crippen LogP contribution in [0.3, 0.4) is 0 Å². The second kappa shape index (κ2) is 5.86. The molecule has 1 N–H and O–H groups in total. The van der Waals surface area contributed by atoms with Crippen molar-refractivity contribution in [3.8, 4) is 0 Å². The van der Waals surface area contributed by atoms with Crippen LogP contribution in [0.4, 0.5) is 11.4 Å². The second-order valence-electron chi connectivity index (χ2n) is 8.04. The van der Waals surface area contributed by atoms with Crippen molar-refractivity contribution < 1.29 is 4.42 Å². The average molecular weight is 372 g/mol. The van der Waals surface area contributed by atoms with Crippen LogP contribution in [0.5, 0.6) is 0 Å². The van der Waals surface area contributed by atoms with Crippen molar-refractivity contribution in [3.05, 3.63) is 71.6 Å². The molecule has 0 aliphatic rings. The van der Waals surface area contributed by atoms with Gasteiger partial charge in [0.15, 0.2) is 0 Å². The van der Waals surface area contributed by atoms with Gasteiger partial charge in [-0.3, -0.25) is 0 Å². The lowest BCUT2D eigenvalue weighted by Gasteiger charge is -2.19. The van der Waals surface area contributed by atoms with E-state index < -0.39 is 0 Å². The van der Waals surface area contributed by atoms with E-state index in [0.29, 0.717) is 0 Å². The molecule has 2 heterocycles. The highest BCUT2D eigenvalue weighted by Gasteiger charge is 2.15. The summed E-state index contributed by atoms with van der Waals surface area (Å²) in [5.41, 5.74) is 5.59. The first-order chi connectivity index (χ1) is 13.0. The third-order valence-electron chi connectivity index (χ3n) is 5.10. The first-order valence-electron chi connectivity index (χ1n) is 9.19. The lowest BCUT2D eigenvalue weighted by molar-refractivity contribution is 0.591. The summed E-state index contributed by atoms with van der Waals surface area (Å²) in [5.74, 6) is 0. The zero-order chi connectivity index (χ0) is 18.6. The Morgan fingerprint density at radius 1 is 0.815 bits per heavy atom. The fourth-order valence-electron chi connectivity index (χ4n) is 3.55. The van der Waals surface area contributed by atoms with E-state index in [1.165, 1.54) is 15.6 Å². The standard InChI is InChI=1S/C24H21NOS/c1-24(2,3)15-8-11-23-19(12-15)20(14-27-23)25-16-9-10-22-18(13-16)17-6-4-5-7-21(17)26-22/h4-14,25H,1-3H3. The Balaban J connectivity index is 1.59. The largest absolute Gasteiger partial charge is 0.456 e. The van der Waals surface area contributed by atoms with Gasteiger partial charge in [-0.25, -0.2) is 0 Å². The smallest absolute Gasteiger partial charge is 0.135 e. The Kier molecular flexibility index (Phi) is 3.56. The van der Waals surface area contributed by atoms with Gasteiger partial charge in [0.1, 0.15) is 11.2 Å². The van der Waals surface area contributed by atoms with Gasteiger partial charge in [0, 0.05) is 31.9 Å². The van der Waals surface area contributed by atoms with Crippen LogP contribution in [0.1, 0.15) is 26.3 Å². The molecule has 0 bridgehead atoms. The van der Waals surface area contributed by atoms with Crippen LogP contribution in [0, 0.1) is 0 Å². The molecule has 0 unspecified atom stereocenters. The molecule has 0 radical (unpaired) electrons. The molecule has 0 fully saturated rings. The minimum atomic E-state index is 0.141. The normalized spacial score (nSPS) is 12.3. The molecule has 2 aromatic heterocycles. The molecule has 0 saturated carbocycles. The van der Waals surface area contributed by atoms with Crippen LogP contribution in [0.25, 0.3) is 32.0 Å². The Morgan fingerprint density at radius 2 is 1.63 bits per heavy atom. The molecule has 27 heavy (non-hydrogen) atoms. The summed E-state index contributed by atoms with van der Waals surface area (Å²) in [6.07, 6.45) is 0. The van der Waals surface area contributed by atoms with E-state index in [1.807, 2.05) is 18.2 Å². The van der Waals surface area contributed by atoms with Gasteiger partial charge in [0.05, 0.1) is 5.69 Å². The molecule has 5 aromatic rings. The number of rotatable bonds is 2. The number of anilines is 2. The van der Waals surface area contributed by atoms with Crippen molar-refractivity contribution in [2.24, 2.45) is 0 Å². The first kappa shape index (κ1) is 16.4. The molecule has 0 amide bonds. The molecule has 134 valence electrons. The number of para-hydroxylation sites is 1. The van der Waals surface area contributed by atoms with Gasteiger partial charge in [0.25, 0.3) is 0 Å². The van der Waals surface area contributed by atoms with Crippen LogP contribution < -0.4 is 5.32 Å². The summed E-state index contributed by atoms with van der Waals surface area (Å²) < 4.78 is 7.25. The van der Waals surface area contributed by atoms with Crippen molar-refractivity contribution >= 4 is 54.7 Å². The highest BCUT2D eigenvalue weighted by molar-refractivity contribution is 7.17. The van der Waals surface area contributed by atoms with Crippen LogP contribution in [0.2, 0.25) is 0 Å². The monoisotopic (exact) mass is 371 g/mol. The zero-order valence-electron chi connectivity index (χ0n) is 15.7. The molecule has 0 saturated heterocycles. The molecule has 3 heteroatoms. The van der Waals surface area contributed by atoms with Gasteiger partial charge < -0.3 is 9.73 Å². The molecule has 0 spiro atoms. The van der Waals surface area contributed by atoms with E-state index in [9.17, 15) is 0 Å². The van der Waals surface area contributed by atoms with E-state index in [0.717, 1.165) is 33.3 Å². The van der Waals surface area contributed by atoms with Crippen LogP contribution >= 0.6 is 11.3 Å². The third kappa shape index (κ3) is 2.79. The molecule has 0 aliphatic heterocycles. The lowest BCUT2D eigenvalue weighted by Crippen LogP contribution is -2.10. The molecule has 3 aromatic carbocycles. The second-order valence-corrected chi connectivity index (χ2v) is 8.96. The molecule has 2 nitrogen and oxygen atoms in total. The van der Waals surface area contributed by atoms with Crippen LogP contribution in [-0.2, 0) is 5.41 Å². The summed E-state index contributed by atoms with van der Waals surface area (Å²) in [6, 6.07) is 21.3. The summed E-state index contributed by atoms with van der Waals surface area (Å²) in [7, 11) is 0. The highest BCUT2D eigenvalue weighted by atomic mass is 32.1. The van der Waals surface area contributed by atoms with E-state index in [4.69, 9.17) is 4.42 Å². The van der Waals surface area contributed by atoms with Crippen molar-refractivity contribution in [3.63, 3.8) is 0 Å². The van der Waals surface area contributed by atoms with Crippen molar-refractivity contribution in [1.82, 2.24) is 0 Å². The molecular weight excluding hydrogens is 350 g/mol. The predicted molar refractivity (Wildman–Crippen MR) is 118 cm³/mol. The number of hydrogen-bond donors (Lipinski definition) is 1. The molecule has 0 aliphatic carbocycles. The topological polar surface area (TPSA) is 25.2 Å². The quantitative estimate of drug-likeness (QED) is 0.342. The van der Waals surface area contributed by atoms with Gasteiger partial charge in [-0.15, -0.1) is 11.3 Å². The van der Waals surface area contributed by atoms with Crippen molar-refractivity contribution in [2.45, 2.75) is 26.2 Å². The van der Waals surface area contributed by atoms with E-state index in [2.05, 4.69) is 73.9 Å². The number of fused-ring (bicyclic) bond motifs is 4. The number of benzene rings is 3. The number of nitrogens with one attached hydrogen (secondary N) is 1. The van der Waals surface area contributed by atoms with E-state index in [-0.39, 0.29) is 5.41 Å². The van der Waals surface area contributed by atoms with Crippen molar-refractivity contribution in [1.29, 1.82) is 0 Å². The van der Waals surface area contributed by atoms with Gasteiger partial charge in [-0.05, 0) is 47.4 Å². The highest BCUT2D eigenvalue weighted by Crippen LogP contribution is 2.37. The molecule has 0 atom stereocenters. The van der Waals surface area contributed by atoms with Gasteiger partial charge >= 0.3 is 0 Å². The molecular formula is C24H21NOS. The summed E-state index contributed by atoms with van der Waals surface area (Å²) in [4.78, 5) is 0. The van der Waals surface area contributed by atoms with Crippen LogP contribution in [0.15, 0.2) is 70.5 Å². The Morgan fingerprint density at radius 3 is 2.48 bits per heavy atom. The van der Waals surface area contributed by atoms with E-state index in [1.54, 1.807) is 11.3 Å². The minimum Gasteiger partial charge on any atom is -0.456 e. The Hall–Kier alpha value is -2.78. The lowest BCUT2D eigenvalue weighted by atomic mass is 9.86. The number of furan rings is 1. The first-order valence-corrected chi connectivity index (χ1v) is 10.1. The number of thiophene rings is 1. The maximum atomic E-state index is 5.94. The van der Waals surface area contributed by atoms with E-state index >= 15 is 0 Å². The minimum absolute atomic E-state index is 0.141. The van der Waals surface area contributed by atoms with Gasteiger partial charge in [-0.1, -0.05) is 45.0 Å². The SMILES string of the molecule is CC(C)(C)c1ccc2scc(Nc3ccc4oc5ccccc5c4c3)c2c1. The summed E-state index contributed by atoms with van der Waals surface area (Å²) in [6.45, 7) is 6.77. The fourth-order valence-corrected chi connectivity index (χ4v) is 4.42. The summed E-state index contributed by atoms with van der Waals surface area (Å²) >= 11 is 1.78. The fraction of sp³-hybridized carbons (Fsp3) is 0.167. The predicted octanol–water partition coefficient (Wildman–Crippen LogP) is 7.84. The Bertz CT molecular complexity index is 1290. The van der Waals surface area contributed by atoms with Crippen LogP contribution in [-0.4, -0.2) is 0 Å². The number of hydrogen-bond acceptors (Lipinski definition) is 3. The summed E-state index contributed by atoms with van der Waals surface area (Å²) in [5, 5.41) is 9.40. The molecule has 5 rings (SSSR count). The maximum absolute atomic E-state index is 5.94. The van der Waals surface area contributed by atoms with Gasteiger partial charge in [-0.2, -0.15) is 0 Å². The zero-order valence-corrected chi connectivity index (χ0v) is 16.5. The Labute approximate surface area is 162 Å². The van der Waals surface area contributed by atoms with Gasteiger partial charge in [0.2, 0.25) is 0 Å². The van der Waals surface area contributed by atoms with Crippen molar-refractivity contribution in [2.75, 3.05) is 5.32 Å². The average Bonchev–Trinajstić information content (AvgIpc) is 3.22. The maximum Gasteiger partial charge on any atom is 0.135 e.